The van der Waals surface area contributed by atoms with E-state index in [0.717, 1.165) is 12.8 Å². The second-order valence-corrected chi connectivity index (χ2v) is 3.66. The van der Waals surface area contributed by atoms with Crippen LogP contribution in [-0.2, 0) is 9.53 Å². The molecule has 0 amide bonds. The summed E-state index contributed by atoms with van der Waals surface area (Å²) in [4.78, 5) is 11.3. The maximum absolute atomic E-state index is 11.3. The Hall–Kier alpha value is -0.570. The van der Waals surface area contributed by atoms with Gasteiger partial charge in [-0.1, -0.05) is 13.3 Å². The highest BCUT2D eigenvalue weighted by molar-refractivity contribution is 5.72. The molecule has 1 aliphatic rings. The van der Waals surface area contributed by atoms with Crippen molar-refractivity contribution in [3.8, 4) is 0 Å². The Labute approximate surface area is 79.1 Å². The number of ether oxygens (including phenoxy) is 1. The second-order valence-electron chi connectivity index (χ2n) is 3.66. The van der Waals surface area contributed by atoms with Crippen molar-refractivity contribution in [3.63, 3.8) is 0 Å². The minimum Gasteiger partial charge on any atom is -0.466 e. The van der Waals surface area contributed by atoms with Gasteiger partial charge in [0.25, 0.3) is 0 Å². The molecule has 0 spiro atoms. The lowest BCUT2D eigenvalue weighted by molar-refractivity contribution is -0.148. The Kier molecular flexibility index (Phi) is 3.72. The van der Waals surface area contributed by atoms with Gasteiger partial charge in [0.15, 0.2) is 0 Å². The van der Waals surface area contributed by atoms with Crippen molar-refractivity contribution in [2.75, 3.05) is 6.61 Å². The second kappa shape index (κ2) is 4.61. The number of aliphatic hydroxyl groups is 1. The van der Waals surface area contributed by atoms with E-state index in [1.54, 1.807) is 6.92 Å². The third kappa shape index (κ3) is 2.44. The first-order chi connectivity index (χ1) is 6.19. The summed E-state index contributed by atoms with van der Waals surface area (Å²) in [7, 11) is 0. The van der Waals surface area contributed by atoms with Gasteiger partial charge in [-0.3, -0.25) is 4.79 Å². The predicted octanol–water partition coefficient (Wildman–Crippen LogP) is 1.35. The van der Waals surface area contributed by atoms with Gasteiger partial charge in [0.05, 0.1) is 18.6 Å². The number of carbonyl (C=O) groups excluding carboxylic acids is 1. The molecule has 1 saturated carbocycles. The zero-order valence-electron chi connectivity index (χ0n) is 8.32. The lowest BCUT2D eigenvalue weighted by atomic mass is 10.0. The number of aliphatic hydroxyl groups excluding tert-OH is 1. The molecular formula is C10H18O3. The molecule has 76 valence electrons. The molecule has 0 unspecified atom stereocenters. The van der Waals surface area contributed by atoms with Crippen molar-refractivity contribution in [2.45, 2.75) is 39.2 Å². The SMILES string of the molecule is CCOC(=O)[C@H]1C[C@@H](CC)[C@H](O)C1. The van der Waals surface area contributed by atoms with Crippen molar-refractivity contribution in [2.24, 2.45) is 11.8 Å². The fourth-order valence-corrected chi connectivity index (χ4v) is 1.99. The number of carbonyl (C=O) groups is 1. The number of hydrogen-bond donors (Lipinski definition) is 1. The van der Waals surface area contributed by atoms with E-state index in [4.69, 9.17) is 4.74 Å². The molecule has 3 heteroatoms. The molecule has 1 fully saturated rings. The highest BCUT2D eigenvalue weighted by Crippen LogP contribution is 2.33. The third-order valence-corrected chi connectivity index (χ3v) is 2.80. The maximum atomic E-state index is 11.3. The molecule has 0 aromatic rings. The van der Waals surface area contributed by atoms with Crippen LogP contribution in [0.25, 0.3) is 0 Å². The molecule has 3 nitrogen and oxygen atoms in total. The zero-order valence-corrected chi connectivity index (χ0v) is 8.32. The van der Waals surface area contributed by atoms with Crippen LogP contribution < -0.4 is 0 Å². The van der Waals surface area contributed by atoms with Gasteiger partial charge >= 0.3 is 5.97 Å². The molecule has 1 N–H and O–H groups in total. The first kappa shape index (κ1) is 10.5. The summed E-state index contributed by atoms with van der Waals surface area (Å²) in [5.74, 6) is 0.0757. The molecule has 0 heterocycles. The first-order valence-corrected chi connectivity index (χ1v) is 5.03. The molecule has 0 radical (unpaired) electrons. The van der Waals surface area contributed by atoms with Crippen LogP contribution in [0, 0.1) is 11.8 Å². The lowest BCUT2D eigenvalue weighted by Gasteiger charge is -2.09. The van der Waals surface area contributed by atoms with E-state index in [2.05, 4.69) is 0 Å². The Balaban J connectivity index is 2.43. The summed E-state index contributed by atoms with van der Waals surface area (Å²) in [6.07, 6.45) is 2.00. The van der Waals surface area contributed by atoms with Crippen molar-refractivity contribution >= 4 is 5.97 Å². The van der Waals surface area contributed by atoms with Gasteiger partial charge in [0.1, 0.15) is 0 Å². The van der Waals surface area contributed by atoms with Crippen LogP contribution in [0.3, 0.4) is 0 Å². The summed E-state index contributed by atoms with van der Waals surface area (Å²) >= 11 is 0. The minimum absolute atomic E-state index is 0.0695. The fraction of sp³-hybridized carbons (Fsp3) is 0.900. The first-order valence-electron chi connectivity index (χ1n) is 5.03. The van der Waals surface area contributed by atoms with E-state index < -0.39 is 0 Å². The van der Waals surface area contributed by atoms with E-state index in [-0.39, 0.29) is 23.9 Å². The normalized spacial score (nSPS) is 33.3. The third-order valence-electron chi connectivity index (χ3n) is 2.80. The predicted molar refractivity (Wildman–Crippen MR) is 49.1 cm³/mol. The van der Waals surface area contributed by atoms with Crippen LogP contribution in [0.5, 0.6) is 0 Å². The molecule has 0 bridgehead atoms. The zero-order chi connectivity index (χ0) is 9.84. The monoisotopic (exact) mass is 186 g/mol. The molecule has 0 aromatic carbocycles. The van der Waals surface area contributed by atoms with E-state index in [0.29, 0.717) is 13.0 Å². The number of esters is 1. The average Bonchev–Trinajstić information content (AvgIpc) is 2.47. The van der Waals surface area contributed by atoms with Crippen molar-refractivity contribution < 1.29 is 14.6 Å². The van der Waals surface area contributed by atoms with Crippen LogP contribution in [0.1, 0.15) is 33.1 Å². The minimum atomic E-state index is -0.306. The van der Waals surface area contributed by atoms with E-state index in [9.17, 15) is 9.90 Å². The molecule has 13 heavy (non-hydrogen) atoms. The molecule has 1 rings (SSSR count). The molecular weight excluding hydrogens is 168 g/mol. The topological polar surface area (TPSA) is 46.5 Å². The van der Waals surface area contributed by atoms with Crippen molar-refractivity contribution in [1.29, 1.82) is 0 Å². The molecule has 0 aliphatic heterocycles. The maximum Gasteiger partial charge on any atom is 0.309 e. The van der Waals surface area contributed by atoms with Gasteiger partial charge < -0.3 is 9.84 Å². The Morgan fingerprint density at radius 3 is 2.62 bits per heavy atom. The van der Waals surface area contributed by atoms with Gasteiger partial charge in [-0.25, -0.2) is 0 Å². The van der Waals surface area contributed by atoms with Crippen LogP contribution in [0.4, 0.5) is 0 Å². The van der Waals surface area contributed by atoms with Crippen LogP contribution >= 0.6 is 0 Å². The largest absolute Gasteiger partial charge is 0.466 e. The standard InChI is InChI=1S/C10H18O3/c1-3-7-5-8(6-9(7)11)10(12)13-4-2/h7-9,11H,3-6H2,1-2H3/t7-,8+,9-/m1/s1. The summed E-state index contributed by atoms with van der Waals surface area (Å²) < 4.78 is 4.92. The van der Waals surface area contributed by atoms with Gasteiger partial charge in [-0.05, 0) is 25.7 Å². The van der Waals surface area contributed by atoms with E-state index in [1.165, 1.54) is 0 Å². The van der Waals surface area contributed by atoms with Crippen molar-refractivity contribution in [3.05, 3.63) is 0 Å². The Morgan fingerprint density at radius 1 is 1.46 bits per heavy atom. The smallest absolute Gasteiger partial charge is 0.309 e. The van der Waals surface area contributed by atoms with Gasteiger partial charge in [0, 0.05) is 0 Å². The van der Waals surface area contributed by atoms with Crippen LogP contribution in [-0.4, -0.2) is 23.8 Å². The van der Waals surface area contributed by atoms with Gasteiger partial charge in [-0.15, -0.1) is 0 Å². The highest BCUT2D eigenvalue weighted by atomic mass is 16.5. The quantitative estimate of drug-likeness (QED) is 0.677. The molecule has 0 aromatic heterocycles. The fourth-order valence-electron chi connectivity index (χ4n) is 1.99. The highest BCUT2D eigenvalue weighted by Gasteiger charge is 2.36. The van der Waals surface area contributed by atoms with E-state index in [1.807, 2.05) is 6.92 Å². The Morgan fingerprint density at radius 2 is 2.15 bits per heavy atom. The van der Waals surface area contributed by atoms with Gasteiger partial charge in [0.2, 0.25) is 0 Å². The van der Waals surface area contributed by atoms with Crippen LogP contribution in [0.15, 0.2) is 0 Å². The molecule has 3 atom stereocenters. The number of hydrogen-bond acceptors (Lipinski definition) is 3. The van der Waals surface area contributed by atoms with Crippen LogP contribution in [0.2, 0.25) is 0 Å². The summed E-state index contributed by atoms with van der Waals surface area (Å²) in [6, 6.07) is 0. The molecule has 0 saturated heterocycles. The number of rotatable bonds is 3. The summed E-state index contributed by atoms with van der Waals surface area (Å²) in [6.45, 7) is 4.28. The van der Waals surface area contributed by atoms with Gasteiger partial charge in [-0.2, -0.15) is 0 Å². The summed E-state index contributed by atoms with van der Waals surface area (Å²) in [5, 5.41) is 9.57. The van der Waals surface area contributed by atoms with Crippen molar-refractivity contribution in [1.82, 2.24) is 0 Å². The average molecular weight is 186 g/mol. The summed E-state index contributed by atoms with van der Waals surface area (Å²) in [5.41, 5.74) is 0. The lowest BCUT2D eigenvalue weighted by Crippen LogP contribution is -2.15. The van der Waals surface area contributed by atoms with E-state index >= 15 is 0 Å². The molecule has 1 aliphatic carbocycles. The Bertz CT molecular complexity index is 179.